The summed E-state index contributed by atoms with van der Waals surface area (Å²) in [6.45, 7) is 8.06. The number of hydrogen-bond acceptors (Lipinski definition) is 3. The van der Waals surface area contributed by atoms with Crippen molar-refractivity contribution in [3.05, 3.63) is 36.8 Å². The van der Waals surface area contributed by atoms with E-state index in [9.17, 15) is 4.79 Å². The van der Waals surface area contributed by atoms with E-state index >= 15 is 0 Å². The first kappa shape index (κ1) is 12.0. The van der Waals surface area contributed by atoms with Crippen LogP contribution in [-0.4, -0.2) is 5.97 Å². The van der Waals surface area contributed by atoms with Crippen LogP contribution < -0.4 is 0 Å². The quantitative estimate of drug-likeness (QED) is 0.593. The van der Waals surface area contributed by atoms with Gasteiger partial charge in [-0.3, -0.25) is 4.79 Å². The predicted octanol–water partition coefficient (Wildman–Crippen LogP) is 3.49. The van der Waals surface area contributed by atoms with Crippen LogP contribution in [0.2, 0.25) is 0 Å². The van der Waals surface area contributed by atoms with Crippen molar-refractivity contribution in [3.8, 4) is 0 Å². The zero-order valence-electron chi connectivity index (χ0n) is 10.3. The molecule has 0 N–H and O–H groups in total. The van der Waals surface area contributed by atoms with Crippen LogP contribution in [0.5, 0.6) is 0 Å². The number of hydrogen-bond donors (Lipinski definition) is 0. The fraction of sp³-hybridized carbons (Fsp3) is 0.500. The maximum absolute atomic E-state index is 11.7. The summed E-state index contributed by atoms with van der Waals surface area (Å²) in [7, 11) is 0. The second-order valence-electron chi connectivity index (χ2n) is 5.20. The van der Waals surface area contributed by atoms with Crippen LogP contribution >= 0.6 is 0 Å². The zero-order chi connectivity index (χ0) is 12.5. The average Bonchev–Trinajstić information content (AvgIpc) is 2.81. The molecule has 3 nitrogen and oxygen atoms in total. The molecule has 1 aliphatic heterocycles. The summed E-state index contributed by atoms with van der Waals surface area (Å²) in [5.74, 6) is 0.128. The molecule has 0 aliphatic carbocycles. The Morgan fingerprint density at radius 1 is 1.53 bits per heavy atom. The maximum atomic E-state index is 11.7. The molecule has 1 fully saturated rings. The van der Waals surface area contributed by atoms with Crippen molar-refractivity contribution < 1.29 is 13.9 Å². The Kier molecular flexibility index (Phi) is 3.09. The lowest BCUT2D eigenvalue weighted by molar-refractivity contribution is -0.159. The third-order valence-electron chi connectivity index (χ3n) is 3.68. The van der Waals surface area contributed by atoms with Gasteiger partial charge in [-0.05, 0) is 23.8 Å². The second kappa shape index (κ2) is 4.40. The van der Waals surface area contributed by atoms with Crippen LogP contribution in [0.4, 0.5) is 0 Å². The SMILES string of the molecule is C=CC(C)(C)[C@H]1CC(=O)O[C@H](c2ccoc2)C1. The lowest BCUT2D eigenvalue weighted by Crippen LogP contribution is -2.32. The molecule has 0 radical (unpaired) electrons. The number of cyclic esters (lactones) is 1. The van der Waals surface area contributed by atoms with Crippen LogP contribution in [0.1, 0.15) is 38.4 Å². The summed E-state index contributed by atoms with van der Waals surface area (Å²) in [4.78, 5) is 11.7. The highest BCUT2D eigenvalue weighted by molar-refractivity contribution is 5.71. The van der Waals surface area contributed by atoms with E-state index in [1.54, 1.807) is 12.5 Å². The molecule has 1 aliphatic rings. The summed E-state index contributed by atoms with van der Waals surface area (Å²) >= 11 is 0. The van der Waals surface area contributed by atoms with Crippen LogP contribution in [0, 0.1) is 11.3 Å². The minimum absolute atomic E-state index is 0.0541. The van der Waals surface area contributed by atoms with E-state index in [1.165, 1.54) is 0 Å². The highest BCUT2D eigenvalue weighted by atomic mass is 16.5. The maximum Gasteiger partial charge on any atom is 0.306 e. The molecular formula is C14H18O3. The van der Waals surface area contributed by atoms with Gasteiger partial charge in [0.1, 0.15) is 6.10 Å². The van der Waals surface area contributed by atoms with E-state index in [4.69, 9.17) is 9.15 Å². The van der Waals surface area contributed by atoms with Crippen LogP contribution in [0.3, 0.4) is 0 Å². The van der Waals surface area contributed by atoms with Gasteiger partial charge in [-0.2, -0.15) is 0 Å². The second-order valence-corrected chi connectivity index (χ2v) is 5.20. The molecule has 1 aromatic rings. The van der Waals surface area contributed by atoms with Crippen molar-refractivity contribution in [1.82, 2.24) is 0 Å². The van der Waals surface area contributed by atoms with E-state index < -0.39 is 0 Å². The van der Waals surface area contributed by atoms with Gasteiger partial charge in [0.15, 0.2) is 0 Å². The van der Waals surface area contributed by atoms with Crippen LogP contribution in [0.25, 0.3) is 0 Å². The summed E-state index contributed by atoms with van der Waals surface area (Å²) in [5.41, 5.74) is 0.879. The Morgan fingerprint density at radius 3 is 2.88 bits per heavy atom. The van der Waals surface area contributed by atoms with Gasteiger partial charge in [0.05, 0.1) is 12.5 Å². The first-order valence-electron chi connectivity index (χ1n) is 5.88. The van der Waals surface area contributed by atoms with E-state index in [1.807, 2.05) is 12.1 Å². The topological polar surface area (TPSA) is 39.4 Å². The molecule has 2 heterocycles. The molecule has 1 saturated heterocycles. The predicted molar refractivity (Wildman–Crippen MR) is 64.2 cm³/mol. The molecule has 0 saturated carbocycles. The number of ether oxygens (including phenoxy) is 1. The lowest BCUT2D eigenvalue weighted by Gasteiger charge is -2.37. The molecule has 3 heteroatoms. The fourth-order valence-corrected chi connectivity index (χ4v) is 2.19. The summed E-state index contributed by atoms with van der Waals surface area (Å²) < 4.78 is 10.4. The molecule has 2 rings (SSSR count). The number of esters is 1. The van der Waals surface area contributed by atoms with E-state index in [0.717, 1.165) is 12.0 Å². The van der Waals surface area contributed by atoms with Crippen molar-refractivity contribution in [2.75, 3.05) is 0 Å². The molecule has 0 spiro atoms. The van der Waals surface area contributed by atoms with Gasteiger partial charge in [-0.15, -0.1) is 6.58 Å². The van der Waals surface area contributed by atoms with Gasteiger partial charge in [0, 0.05) is 12.0 Å². The molecule has 2 atom stereocenters. The molecule has 0 unspecified atom stereocenters. The monoisotopic (exact) mass is 234 g/mol. The van der Waals surface area contributed by atoms with Crippen molar-refractivity contribution in [1.29, 1.82) is 0 Å². The van der Waals surface area contributed by atoms with Crippen LogP contribution in [-0.2, 0) is 9.53 Å². The molecule has 0 amide bonds. The minimum Gasteiger partial charge on any atom is -0.472 e. The molecule has 1 aromatic heterocycles. The summed E-state index contributed by atoms with van der Waals surface area (Å²) in [6.07, 6.45) is 6.27. The lowest BCUT2D eigenvalue weighted by atomic mass is 9.73. The van der Waals surface area contributed by atoms with Crippen molar-refractivity contribution >= 4 is 5.97 Å². The Labute approximate surface area is 101 Å². The van der Waals surface area contributed by atoms with E-state index in [2.05, 4.69) is 20.4 Å². The van der Waals surface area contributed by atoms with Gasteiger partial charge in [-0.1, -0.05) is 19.9 Å². The van der Waals surface area contributed by atoms with Gasteiger partial charge >= 0.3 is 5.97 Å². The fourth-order valence-electron chi connectivity index (χ4n) is 2.19. The Morgan fingerprint density at radius 2 is 2.29 bits per heavy atom. The molecule has 0 bridgehead atoms. The highest BCUT2D eigenvalue weighted by Gasteiger charge is 2.37. The van der Waals surface area contributed by atoms with Gasteiger partial charge in [-0.25, -0.2) is 0 Å². The molecule has 92 valence electrons. The van der Waals surface area contributed by atoms with Crippen LogP contribution in [0.15, 0.2) is 35.7 Å². The van der Waals surface area contributed by atoms with Crippen molar-refractivity contribution in [2.45, 2.75) is 32.8 Å². The number of allylic oxidation sites excluding steroid dienone is 1. The minimum atomic E-state index is -0.181. The largest absolute Gasteiger partial charge is 0.472 e. The Bertz CT molecular complexity index is 403. The van der Waals surface area contributed by atoms with Crippen molar-refractivity contribution in [3.63, 3.8) is 0 Å². The first-order valence-corrected chi connectivity index (χ1v) is 5.88. The number of rotatable bonds is 3. The third-order valence-corrected chi connectivity index (χ3v) is 3.68. The highest BCUT2D eigenvalue weighted by Crippen LogP contribution is 2.42. The Balaban J connectivity index is 2.17. The number of carbonyl (C=O) groups excluding carboxylic acids is 1. The normalized spacial score (nSPS) is 25.4. The van der Waals surface area contributed by atoms with E-state index in [0.29, 0.717) is 6.42 Å². The standard InChI is InChI=1S/C14H18O3/c1-4-14(2,3)11-7-12(17-13(15)8-11)10-5-6-16-9-10/h4-6,9,11-12H,1,7-8H2,2-3H3/t11-,12+/m1/s1. The smallest absolute Gasteiger partial charge is 0.306 e. The number of furan rings is 1. The van der Waals surface area contributed by atoms with Crippen molar-refractivity contribution in [2.24, 2.45) is 11.3 Å². The molecular weight excluding hydrogens is 216 g/mol. The Hall–Kier alpha value is -1.51. The first-order chi connectivity index (χ1) is 8.03. The molecule has 17 heavy (non-hydrogen) atoms. The average molecular weight is 234 g/mol. The number of carbonyl (C=O) groups is 1. The summed E-state index contributed by atoms with van der Waals surface area (Å²) in [6, 6.07) is 1.85. The summed E-state index contributed by atoms with van der Waals surface area (Å²) in [5, 5.41) is 0. The van der Waals surface area contributed by atoms with E-state index in [-0.39, 0.29) is 23.4 Å². The van der Waals surface area contributed by atoms with Gasteiger partial charge < -0.3 is 9.15 Å². The van der Waals surface area contributed by atoms with Gasteiger partial charge in [0.25, 0.3) is 0 Å². The zero-order valence-corrected chi connectivity index (χ0v) is 10.3. The third kappa shape index (κ3) is 2.43. The molecule has 0 aromatic carbocycles. The van der Waals surface area contributed by atoms with Gasteiger partial charge in [0.2, 0.25) is 0 Å².